The van der Waals surface area contributed by atoms with Crippen molar-refractivity contribution in [1.29, 1.82) is 0 Å². The zero-order chi connectivity index (χ0) is 14.8. The molecule has 21 heavy (non-hydrogen) atoms. The summed E-state index contributed by atoms with van der Waals surface area (Å²) in [5, 5.41) is 17.3. The Hall–Kier alpha value is -2.90. The molecule has 0 unspecified atom stereocenters. The van der Waals surface area contributed by atoms with E-state index >= 15 is 0 Å². The average Bonchev–Trinajstić information content (AvgIpc) is 3.09. The lowest BCUT2D eigenvalue weighted by atomic mass is 10.2. The van der Waals surface area contributed by atoms with Gasteiger partial charge in [-0.05, 0) is 0 Å². The highest BCUT2D eigenvalue weighted by atomic mass is 16.4. The minimum atomic E-state index is -1.02. The van der Waals surface area contributed by atoms with Crippen molar-refractivity contribution in [2.75, 3.05) is 11.9 Å². The molecule has 8 nitrogen and oxygen atoms in total. The summed E-state index contributed by atoms with van der Waals surface area (Å²) in [7, 11) is 1.77. The highest BCUT2D eigenvalue weighted by Crippen LogP contribution is 2.25. The topological polar surface area (TPSA) is 97.9 Å². The summed E-state index contributed by atoms with van der Waals surface area (Å²) in [6, 6.07) is 0. The smallest absolute Gasteiger partial charge is 0.339 e. The molecule has 0 bridgehead atoms. The Bertz CT molecular complexity index is 777. The van der Waals surface area contributed by atoms with Crippen molar-refractivity contribution in [3.05, 3.63) is 36.7 Å². The Labute approximate surface area is 120 Å². The molecule has 0 atom stereocenters. The molecule has 0 radical (unpaired) electrons. The van der Waals surface area contributed by atoms with E-state index in [1.807, 2.05) is 10.8 Å². The molecule has 2 N–H and O–H groups in total. The second-order valence-corrected chi connectivity index (χ2v) is 4.58. The van der Waals surface area contributed by atoms with Crippen molar-refractivity contribution in [3.8, 4) is 0 Å². The molecule has 3 aromatic heterocycles. The number of fused-ring (bicyclic) bond motifs is 1. The number of nitrogens with zero attached hydrogens (tertiary/aromatic N) is 5. The first kappa shape index (κ1) is 13.1. The van der Waals surface area contributed by atoms with Gasteiger partial charge in [-0.1, -0.05) is 0 Å². The summed E-state index contributed by atoms with van der Waals surface area (Å²) in [6.45, 7) is 1.26. The molecular weight excluding hydrogens is 272 g/mol. The van der Waals surface area contributed by atoms with Crippen LogP contribution in [0.15, 0.2) is 31.1 Å². The van der Waals surface area contributed by atoms with Crippen LogP contribution in [0.3, 0.4) is 0 Å². The molecule has 0 amide bonds. The molecule has 0 saturated carbocycles. The first-order valence-corrected chi connectivity index (χ1v) is 6.40. The highest BCUT2D eigenvalue weighted by Gasteiger charge is 2.16. The fourth-order valence-electron chi connectivity index (χ4n) is 2.18. The molecule has 8 heteroatoms. The van der Waals surface area contributed by atoms with E-state index in [2.05, 4.69) is 20.4 Å². The van der Waals surface area contributed by atoms with Crippen LogP contribution in [0.4, 0.5) is 5.69 Å². The number of aromatic nitrogens is 5. The van der Waals surface area contributed by atoms with E-state index in [4.69, 9.17) is 0 Å². The third-order valence-corrected chi connectivity index (χ3v) is 3.22. The number of aromatic carboxylic acids is 1. The molecule has 3 heterocycles. The zero-order valence-electron chi connectivity index (χ0n) is 11.4. The number of hydrogen-bond acceptors (Lipinski definition) is 5. The van der Waals surface area contributed by atoms with Gasteiger partial charge in [0.25, 0.3) is 0 Å². The summed E-state index contributed by atoms with van der Waals surface area (Å²) < 4.78 is 3.52. The largest absolute Gasteiger partial charge is 0.478 e. The Morgan fingerprint density at radius 1 is 1.43 bits per heavy atom. The molecule has 3 aromatic rings. The number of carbonyl (C=O) groups is 1. The van der Waals surface area contributed by atoms with Crippen molar-refractivity contribution in [2.45, 2.75) is 6.54 Å². The van der Waals surface area contributed by atoms with Crippen LogP contribution in [0.1, 0.15) is 10.4 Å². The van der Waals surface area contributed by atoms with Gasteiger partial charge in [0.15, 0.2) is 5.65 Å². The number of rotatable bonds is 5. The summed E-state index contributed by atoms with van der Waals surface area (Å²) in [6.07, 6.45) is 8.24. The first-order chi connectivity index (χ1) is 10.2. The van der Waals surface area contributed by atoms with Crippen molar-refractivity contribution in [3.63, 3.8) is 0 Å². The molecule has 0 fully saturated rings. The standard InChI is InChI=1S/C13H14N6O2/c1-18-12-9(7-17-18)11(10(6-16-12)13(20)21)15-3-5-19-4-2-14-8-19/h2,4,6-8H,3,5H2,1H3,(H,15,16)(H,20,21). The van der Waals surface area contributed by atoms with Gasteiger partial charge in [-0.15, -0.1) is 0 Å². The average molecular weight is 286 g/mol. The van der Waals surface area contributed by atoms with E-state index in [-0.39, 0.29) is 5.56 Å². The van der Waals surface area contributed by atoms with Gasteiger partial charge in [0, 0.05) is 38.7 Å². The maximum absolute atomic E-state index is 11.3. The number of hydrogen-bond donors (Lipinski definition) is 2. The maximum Gasteiger partial charge on any atom is 0.339 e. The highest BCUT2D eigenvalue weighted by molar-refractivity contribution is 6.03. The number of imidazole rings is 1. The van der Waals surface area contributed by atoms with Crippen molar-refractivity contribution < 1.29 is 9.90 Å². The predicted octanol–water partition coefficient (Wildman–Crippen LogP) is 0.975. The van der Waals surface area contributed by atoms with Gasteiger partial charge in [-0.2, -0.15) is 5.10 Å². The molecular formula is C13H14N6O2. The van der Waals surface area contributed by atoms with Crippen LogP contribution < -0.4 is 5.32 Å². The molecule has 0 aliphatic carbocycles. The normalized spacial score (nSPS) is 10.9. The lowest BCUT2D eigenvalue weighted by molar-refractivity contribution is 0.0697. The van der Waals surface area contributed by atoms with E-state index in [9.17, 15) is 9.90 Å². The minimum Gasteiger partial charge on any atom is -0.478 e. The Balaban J connectivity index is 1.90. The zero-order valence-corrected chi connectivity index (χ0v) is 11.4. The van der Waals surface area contributed by atoms with E-state index < -0.39 is 5.97 Å². The molecule has 108 valence electrons. The van der Waals surface area contributed by atoms with E-state index in [0.29, 0.717) is 29.8 Å². The van der Waals surface area contributed by atoms with Crippen LogP contribution in [-0.2, 0) is 13.6 Å². The van der Waals surface area contributed by atoms with E-state index in [1.165, 1.54) is 6.20 Å². The van der Waals surface area contributed by atoms with Gasteiger partial charge in [-0.25, -0.2) is 14.8 Å². The van der Waals surface area contributed by atoms with Crippen LogP contribution in [0, 0.1) is 0 Å². The lowest BCUT2D eigenvalue weighted by Crippen LogP contribution is -2.13. The van der Waals surface area contributed by atoms with E-state index in [0.717, 1.165) is 0 Å². The van der Waals surface area contributed by atoms with Gasteiger partial charge in [0.2, 0.25) is 0 Å². The van der Waals surface area contributed by atoms with Crippen LogP contribution in [0.5, 0.6) is 0 Å². The van der Waals surface area contributed by atoms with E-state index in [1.54, 1.807) is 30.5 Å². The number of pyridine rings is 1. The Morgan fingerprint density at radius 3 is 3.00 bits per heavy atom. The molecule has 0 aliphatic rings. The number of nitrogens with one attached hydrogen (secondary N) is 1. The summed E-state index contributed by atoms with van der Waals surface area (Å²) in [5.41, 5.74) is 1.33. The minimum absolute atomic E-state index is 0.140. The fourth-order valence-corrected chi connectivity index (χ4v) is 2.18. The van der Waals surface area contributed by atoms with Gasteiger partial charge in [0.1, 0.15) is 5.56 Å². The predicted molar refractivity (Wildman–Crippen MR) is 76.2 cm³/mol. The van der Waals surface area contributed by atoms with Crippen LogP contribution >= 0.6 is 0 Å². The van der Waals surface area contributed by atoms with Gasteiger partial charge < -0.3 is 15.0 Å². The molecule has 0 spiro atoms. The van der Waals surface area contributed by atoms with Gasteiger partial charge in [0.05, 0.1) is 23.6 Å². The Kier molecular flexibility index (Phi) is 3.27. The Morgan fingerprint density at radius 2 is 2.29 bits per heavy atom. The maximum atomic E-state index is 11.3. The molecule has 0 aliphatic heterocycles. The third-order valence-electron chi connectivity index (χ3n) is 3.22. The number of carboxylic acids is 1. The summed E-state index contributed by atoms with van der Waals surface area (Å²) in [5.74, 6) is -1.02. The van der Waals surface area contributed by atoms with Crippen molar-refractivity contribution in [1.82, 2.24) is 24.3 Å². The first-order valence-electron chi connectivity index (χ1n) is 6.40. The quantitative estimate of drug-likeness (QED) is 0.725. The third kappa shape index (κ3) is 2.42. The monoisotopic (exact) mass is 286 g/mol. The number of carboxylic acid groups (broad SMARTS) is 1. The van der Waals surface area contributed by atoms with Crippen LogP contribution in [-0.4, -0.2) is 41.9 Å². The van der Waals surface area contributed by atoms with Crippen LogP contribution in [0.25, 0.3) is 11.0 Å². The van der Waals surface area contributed by atoms with Gasteiger partial charge in [-0.3, -0.25) is 4.68 Å². The fraction of sp³-hybridized carbons (Fsp3) is 0.231. The number of aryl methyl sites for hydroxylation is 1. The molecule has 0 aromatic carbocycles. The van der Waals surface area contributed by atoms with Gasteiger partial charge >= 0.3 is 5.97 Å². The summed E-state index contributed by atoms with van der Waals surface area (Å²) >= 11 is 0. The molecule has 0 saturated heterocycles. The second kappa shape index (κ2) is 5.23. The van der Waals surface area contributed by atoms with Crippen molar-refractivity contribution in [2.24, 2.45) is 7.05 Å². The lowest BCUT2D eigenvalue weighted by Gasteiger charge is -2.11. The molecule has 3 rings (SSSR count). The second-order valence-electron chi connectivity index (χ2n) is 4.58. The summed E-state index contributed by atoms with van der Waals surface area (Å²) in [4.78, 5) is 19.5. The van der Waals surface area contributed by atoms with Crippen molar-refractivity contribution >= 4 is 22.7 Å². The SMILES string of the molecule is Cn1ncc2c(NCCn3ccnc3)c(C(=O)O)cnc21. The number of anilines is 1. The van der Waals surface area contributed by atoms with Crippen LogP contribution in [0.2, 0.25) is 0 Å².